The first-order chi connectivity index (χ1) is 9.58. The Bertz CT molecular complexity index is 339. The lowest BCUT2D eigenvalue weighted by molar-refractivity contribution is 0.0109. The summed E-state index contributed by atoms with van der Waals surface area (Å²) < 4.78 is 10.9. The van der Waals surface area contributed by atoms with Crippen LogP contribution in [0.2, 0.25) is 0 Å². The summed E-state index contributed by atoms with van der Waals surface area (Å²) >= 11 is 6.10. The van der Waals surface area contributed by atoms with Crippen molar-refractivity contribution in [1.82, 2.24) is 9.80 Å². The van der Waals surface area contributed by atoms with E-state index >= 15 is 0 Å². The van der Waals surface area contributed by atoms with E-state index in [4.69, 9.17) is 21.1 Å². The van der Waals surface area contributed by atoms with Crippen molar-refractivity contribution < 1.29 is 9.47 Å². The van der Waals surface area contributed by atoms with E-state index < -0.39 is 0 Å². The van der Waals surface area contributed by atoms with Crippen LogP contribution >= 0.6 is 11.6 Å². The van der Waals surface area contributed by atoms with Crippen molar-refractivity contribution in [2.45, 2.75) is 32.4 Å². The van der Waals surface area contributed by atoms with Crippen molar-refractivity contribution >= 4 is 11.6 Å². The molecule has 0 aliphatic carbocycles. The van der Waals surface area contributed by atoms with Crippen LogP contribution in [0.5, 0.6) is 0 Å². The van der Waals surface area contributed by atoms with Gasteiger partial charge in [-0.15, -0.1) is 0 Å². The van der Waals surface area contributed by atoms with Gasteiger partial charge in [0.2, 0.25) is 0 Å². The number of halogens is 1. The first-order valence-electron chi connectivity index (χ1n) is 7.54. The summed E-state index contributed by atoms with van der Waals surface area (Å²) in [6.45, 7) is 14.0. The SMILES string of the molecule is CC(C)=C(CN1CCOC(Cl)C1)C(C)N1CCOCC1. The van der Waals surface area contributed by atoms with Gasteiger partial charge in [-0.2, -0.15) is 0 Å². The Labute approximate surface area is 127 Å². The van der Waals surface area contributed by atoms with Crippen LogP contribution in [-0.2, 0) is 9.47 Å². The molecule has 0 N–H and O–H groups in total. The number of hydrogen-bond acceptors (Lipinski definition) is 4. The molecule has 0 bridgehead atoms. The number of morpholine rings is 2. The zero-order chi connectivity index (χ0) is 14.5. The molecule has 2 fully saturated rings. The average Bonchev–Trinajstić information content (AvgIpc) is 2.45. The van der Waals surface area contributed by atoms with Crippen molar-refractivity contribution in [1.29, 1.82) is 0 Å². The molecular formula is C15H27ClN2O2. The number of rotatable bonds is 4. The van der Waals surface area contributed by atoms with E-state index in [1.165, 1.54) is 11.1 Å². The molecule has 0 spiro atoms. The highest BCUT2D eigenvalue weighted by molar-refractivity contribution is 6.19. The van der Waals surface area contributed by atoms with Crippen LogP contribution in [0.25, 0.3) is 0 Å². The fraction of sp³-hybridized carbons (Fsp3) is 0.867. The molecule has 20 heavy (non-hydrogen) atoms. The topological polar surface area (TPSA) is 24.9 Å². The Morgan fingerprint density at radius 3 is 2.50 bits per heavy atom. The van der Waals surface area contributed by atoms with Gasteiger partial charge < -0.3 is 9.47 Å². The van der Waals surface area contributed by atoms with Gasteiger partial charge in [-0.1, -0.05) is 17.2 Å². The van der Waals surface area contributed by atoms with Gasteiger partial charge in [0.25, 0.3) is 0 Å². The summed E-state index contributed by atoms with van der Waals surface area (Å²) in [5.74, 6) is 0. The summed E-state index contributed by atoms with van der Waals surface area (Å²) in [6.07, 6.45) is 0. The summed E-state index contributed by atoms with van der Waals surface area (Å²) in [7, 11) is 0. The second kappa shape index (κ2) is 7.76. The van der Waals surface area contributed by atoms with Crippen molar-refractivity contribution in [3.05, 3.63) is 11.1 Å². The molecule has 2 aliphatic rings. The lowest BCUT2D eigenvalue weighted by Gasteiger charge is -2.37. The van der Waals surface area contributed by atoms with Crippen molar-refractivity contribution in [2.75, 3.05) is 52.5 Å². The molecule has 2 unspecified atom stereocenters. The van der Waals surface area contributed by atoms with Gasteiger partial charge in [0.05, 0.1) is 19.8 Å². The Balaban J connectivity index is 1.97. The number of hydrogen-bond donors (Lipinski definition) is 0. The van der Waals surface area contributed by atoms with Gasteiger partial charge in [0.15, 0.2) is 0 Å². The molecule has 2 aliphatic heterocycles. The van der Waals surface area contributed by atoms with E-state index in [1.807, 2.05) is 0 Å². The third kappa shape index (κ3) is 4.43. The van der Waals surface area contributed by atoms with Gasteiger partial charge in [-0.05, 0) is 26.3 Å². The monoisotopic (exact) mass is 302 g/mol. The van der Waals surface area contributed by atoms with Crippen molar-refractivity contribution in [2.24, 2.45) is 0 Å². The van der Waals surface area contributed by atoms with E-state index in [9.17, 15) is 0 Å². The molecule has 5 heteroatoms. The van der Waals surface area contributed by atoms with Gasteiger partial charge in [-0.3, -0.25) is 9.80 Å². The lowest BCUT2D eigenvalue weighted by atomic mass is 10.0. The smallest absolute Gasteiger partial charge is 0.143 e. The van der Waals surface area contributed by atoms with Gasteiger partial charge in [-0.25, -0.2) is 0 Å². The molecule has 2 rings (SSSR count). The predicted octanol–water partition coefficient (Wildman–Crippen LogP) is 1.94. The summed E-state index contributed by atoms with van der Waals surface area (Å²) in [5.41, 5.74) is 2.76. The van der Waals surface area contributed by atoms with Gasteiger partial charge in [0, 0.05) is 38.8 Å². The normalized spacial score (nSPS) is 27.3. The summed E-state index contributed by atoms with van der Waals surface area (Å²) in [6, 6.07) is 0.473. The molecule has 0 aromatic heterocycles. The van der Waals surface area contributed by atoms with Crippen LogP contribution in [0.15, 0.2) is 11.1 Å². The van der Waals surface area contributed by atoms with E-state index in [1.54, 1.807) is 0 Å². The zero-order valence-electron chi connectivity index (χ0n) is 12.9. The van der Waals surface area contributed by atoms with E-state index in [0.717, 1.165) is 52.5 Å². The highest BCUT2D eigenvalue weighted by atomic mass is 35.5. The van der Waals surface area contributed by atoms with Crippen molar-refractivity contribution in [3.63, 3.8) is 0 Å². The number of allylic oxidation sites excluding steroid dienone is 1. The fourth-order valence-electron chi connectivity index (χ4n) is 2.93. The Hall–Kier alpha value is -0.130. The van der Waals surface area contributed by atoms with Crippen LogP contribution in [-0.4, -0.2) is 73.9 Å². The number of ether oxygens (including phenoxy) is 2. The van der Waals surface area contributed by atoms with Gasteiger partial charge in [0.1, 0.15) is 5.56 Å². The molecule has 2 heterocycles. The third-order valence-electron chi connectivity index (χ3n) is 4.24. The van der Waals surface area contributed by atoms with Crippen LogP contribution in [0.1, 0.15) is 20.8 Å². The maximum absolute atomic E-state index is 6.10. The molecular weight excluding hydrogens is 276 g/mol. The van der Waals surface area contributed by atoms with Crippen LogP contribution in [0, 0.1) is 0 Å². The molecule has 0 saturated carbocycles. The predicted molar refractivity (Wildman–Crippen MR) is 82.3 cm³/mol. The molecule has 116 valence electrons. The summed E-state index contributed by atoms with van der Waals surface area (Å²) in [5, 5.41) is 0. The number of nitrogens with zero attached hydrogens (tertiary/aromatic N) is 2. The van der Waals surface area contributed by atoms with Crippen LogP contribution < -0.4 is 0 Å². The Morgan fingerprint density at radius 2 is 1.90 bits per heavy atom. The third-order valence-corrected chi connectivity index (χ3v) is 4.51. The Morgan fingerprint density at radius 1 is 1.20 bits per heavy atom. The highest BCUT2D eigenvalue weighted by Crippen LogP contribution is 2.19. The van der Waals surface area contributed by atoms with E-state index in [-0.39, 0.29) is 5.56 Å². The van der Waals surface area contributed by atoms with E-state index in [2.05, 4.69) is 30.6 Å². The first-order valence-corrected chi connectivity index (χ1v) is 7.97. The number of alkyl halides is 1. The highest BCUT2D eigenvalue weighted by Gasteiger charge is 2.25. The maximum Gasteiger partial charge on any atom is 0.143 e. The Kier molecular flexibility index (Phi) is 6.30. The minimum atomic E-state index is -0.166. The summed E-state index contributed by atoms with van der Waals surface area (Å²) in [4.78, 5) is 4.92. The molecule has 4 nitrogen and oxygen atoms in total. The molecule has 2 atom stereocenters. The fourth-order valence-corrected chi connectivity index (χ4v) is 3.22. The minimum Gasteiger partial charge on any atom is -0.379 e. The molecule has 2 saturated heterocycles. The molecule has 0 radical (unpaired) electrons. The zero-order valence-corrected chi connectivity index (χ0v) is 13.7. The largest absolute Gasteiger partial charge is 0.379 e. The quantitative estimate of drug-likeness (QED) is 0.585. The average molecular weight is 303 g/mol. The van der Waals surface area contributed by atoms with Crippen LogP contribution in [0.3, 0.4) is 0 Å². The van der Waals surface area contributed by atoms with Gasteiger partial charge >= 0.3 is 0 Å². The molecule has 0 aromatic carbocycles. The second-order valence-corrected chi connectivity index (χ2v) is 6.35. The first kappa shape index (κ1) is 16.2. The molecule has 0 amide bonds. The van der Waals surface area contributed by atoms with Crippen molar-refractivity contribution in [3.8, 4) is 0 Å². The minimum absolute atomic E-state index is 0.166. The second-order valence-electron chi connectivity index (χ2n) is 5.87. The molecule has 0 aromatic rings. The van der Waals surface area contributed by atoms with E-state index in [0.29, 0.717) is 6.04 Å². The van der Waals surface area contributed by atoms with Crippen LogP contribution in [0.4, 0.5) is 0 Å². The maximum atomic E-state index is 6.10. The lowest BCUT2D eigenvalue weighted by Crippen LogP contribution is -2.47. The standard InChI is InChI=1S/C15H27ClN2O2/c1-12(2)14(10-17-4-9-20-15(16)11-17)13(3)18-5-7-19-8-6-18/h13,15H,4-11H2,1-3H3.